The number of ether oxygens (including phenoxy) is 4. The topological polar surface area (TPSA) is 336 Å². The molecule has 0 radical (unpaired) electrons. The molecule has 78 heavy (non-hydrogen) atoms. The molecule has 19 heteroatoms. The van der Waals surface area contributed by atoms with Gasteiger partial charge in [-0.15, -0.1) is 0 Å². The molecule has 1 aromatic rings. The lowest BCUT2D eigenvalue weighted by Gasteiger charge is -2.42. The van der Waals surface area contributed by atoms with Crippen molar-refractivity contribution in [2.45, 2.75) is 190 Å². The molecule has 4 rings (SSSR count). The highest BCUT2D eigenvalue weighted by Gasteiger charge is 2.46. The first-order chi connectivity index (χ1) is 37.0. The van der Waals surface area contributed by atoms with Gasteiger partial charge in [0.25, 0.3) is 0 Å². The van der Waals surface area contributed by atoms with Crippen molar-refractivity contribution in [3.8, 4) is 0 Å². The van der Waals surface area contributed by atoms with Crippen LogP contribution in [0.4, 0.5) is 5.69 Å². The summed E-state index contributed by atoms with van der Waals surface area (Å²) in [5.41, 5.74) is 12.8. The summed E-state index contributed by atoms with van der Waals surface area (Å²) in [4.78, 5) is 64.6. The molecule has 2 saturated heterocycles. The SMILES string of the molecule is CC1/C=C/C=C/C=C/C=C/C=C/C=C/C=C/[C@H](O[C@@H]2O[C@H](C)[C@@H](O)[C@H](N)[C@@H]2O)C[C@@H]2OC(C[C@@H](O)C[C@@H](O)C[C@@H](O)CC(=O)CCCC(=O)CC(=O)O[C@@H]1[C@@H](C)C[C@H](C)[C@@H](O)CC(=O)c1ccc(N)cc1)C[C@H](O)[C@@H]2C(=O)O. The third kappa shape index (κ3) is 22.5. The standard InChI is InChI=1S/C59H84N2O17/c1-35-18-15-13-11-9-7-5-6-8-10-12-14-16-21-46(77-59-56(72)54(61)55(71)38(4)75-59)33-51-53(58(73)74)50(69)32-47(76-51)30-45(66)29-44(65)28-43(64)27-41(62)19-17-20-42(63)31-52(70)78-57(35)37(3)26-36(2)48(67)34-49(68)39-22-24-40(60)25-23-39/h5-16,18,21-25,35-38,43-48,50-51,53-57,59,64-67,69,71-72H,17,19-20,26-34,60-61H2,1-4H3,(H,73,74)/b6-5+,9-7+,10-8+,13-11+,14-12+,18-15+,21-16+/t35?,36-,37-,38+,43-,44-,45-,46-,47?,48-,50-,51-,53-,54-,55+,56-,57-,59-/m0/s1. The molecule has 1 aromatic carbocycles. The van der Waals surface area contributed by atoms with Crippen LogP contribution in [0.15, 0.2) is 109 Å². The van der Waals surface area contributed by atoms with Gasteiger partial charge in [0.15, 0.2) is 12.1 Å². The second kappa shape index (κ2) is 33.3. The van der Waals surface area contributed by atoms with Crippen LogP contribution in [0, 0.1) is 23.7 Å². The van der Waals surface area contributed by atoms with E-state index in [1.54, 1.807) is 98.0 Å². The first-order valence-electron chi connectivity index (χ1n) is 27.0. The minimum atomic E-state index is -1.46. The number of fused-ring (bicyclic) bond motifs is 2. The molecule has 0 amide bonds. The first kappa shape index (κ1) is 65.2. The fourth-order valence-corrected chi connectivity index (χ4v) is 9.96. The quantitative estimate of drug-likeness (QED) is 0.0669. The summed E-state index contributed by atoms with van der Waals surface area (Å²) in [5, 5.41) is 86.1. The second-order valence-corrected chi connectivity index (χ2v) is 21.1. The summed E-state index contributed by atoms with van der Waals surface area (Å²) < 4.78 is 24.1. The molecule has 0 aliphatic carbocycles. The highest BCUT2D eigenvalue weighted by atomic mass is 16.7. The number of carboxylic acid groups (broad SMARTS) is 1. The van der Waals surface area contributed by atoms with Gasteiger partial charge < -0.3 is 71.3 Å². The number of ketones is 3. The molecular formula is C59H84N2O17. The van der Waals surface area contributed by atoms with E-state index < -0.39 is 116 Å². The Bertz CT molecular complexity index is 2280. The van der Waals surface area contributed by atoms with E-state index in [-0.39, 0.29) is 93.5 Å². The average molecular weight is 1090 g/mol. The van der Waals surface area contributed by atoms with E-state index in [0.29, 0.717) is 17.7 Å². The number of Topliss-reactive ketones (excluding diaryl/α,β-unsaturated/α-hetero) is 3. The van der Waals surface area contributed by atoms with Crippen LogP contribution in [0.1, 0.15) is 115 Å². The van der Waals surface area contributed by atoms with Crippen LogP contribution in [-0.4, -0.2) is 156 Å². The minimum absolute atomic E-state index is 0.0859. The predicted molar refractivity (Wildman–Crippen MR) is 291 cm³/mol. The third-order valence-electron chi connectivity index (χ3n) is 14.3. The van der Waals surface area contributed by atoms with Gasteiger partial charge in [0.05, 0.1) is 67.1 Å². The van der Waals surface area contributed by atoms with Crippen LogP contribution in [0.25, 0.3) is 0 Å². The maximum Gasteiger partial charge on any atom is 0.313 e. The van der Waals surface area contributed by atoms with Crippen molar-refractivity contribution in [2.24, 2.45) is 29.4 Å². The van der Waals surface area contributed by atoms with Crippen LogP contribution in [0.2, 0.25) is 0 Å². The van der Waals surface area contributed by atoms with Gasteiger partial charge >= 0.3 is 11.9 Å². The molecule has 2 fully saturated rings. The molecule has 12 N–H and O–H groups in total. The van der Waals surface area contributed by atoms with Crippen LogP contribution in [0.3, 0.4) is 0 Å². The number of esters is 1. The molecule has 3 aliphatic heterocycles. The number of anilines is 1. The third-order valence-corrected chi connectivity index (χ3v) is 14.3. The van der Waals surface area contributed by atoms with Gasteiger partial charge in [-0.05, 0) is 75.1 Å². The Balaban J connectivity index is 1.52. The Morgan fingerprint density at radius 3 is 1.90 bits per heavy atom. The van der Waals surface area contributed by atoms with Gasteiger partial charge in [0.2, 0.25) is 0 Å². The Hall–Kier alpha value is -5.29. The normalized spacial score (nSPS) is 36.3. The number of benzene rings is 1. The predicted octanol–water partition coefficient (Wildman–Crippen LogP) is 4.45. The lowest BCUT2D eigenvalue weighted by Crippen LogP contribution is -2.61. The number of hydrogen-bond acceptors (Lipinski definition) is 18. The lowest BCUT2D eigenvalue weighted by atomic mass is 9.83. The van der Waals surface area contributed by atoms with E-state index in [1.165, 1.54) is 0 Å². The number of allylic oxidation sites excluding steroid dienone is 12. The number of cyclic esters (lactones) is 1. The van der Waals surface area contributed by atoms with Gasteiger partial charge in [-0.3, -0.25) is 24.0 Å². The highest BCUT2D eigenvalue weighted by Crippen LogP contribution is 2.34. The smallest absolute Gasteiger partial charge is 0.313 e. The number of carbonyl (C=O) groups is 5. The molecule has 0 spiro atoms. The molecule has 18 atom stereocenters. The monoisotopic (exact) mass is 1090 g/mol. The molecule has 0 saturated carbocycles. The van der Waals surface area contributed by atoms with Crippen molar-refractivity contribution in [1.82, 2.24) is 0 Å². The van der Waals surface area contributed by atoms with Gasteiger partial charge in [0.1, 0.15) is 36.1 Å². The average Bonchev–Trinajstić information content (AvgIpc) is 3.38. The van der Waals surface area contributed by atoms with Gasteiger partial charge in [-0.2, -0.15) is 0 Å². The molecule has 432 valence electrons. The molecule has 3 aliphatic rings. The zero-order chi connectivity index (χ0) is 57.5. The number of aliphatic hydroxyl groups is 7. The van der Waals surface area contributed by atoms with E-state index in [4.69, 9.17) is 30.4 Å². The van der Waals surface area contributed by atoms with Crippen molar-refractivity contribution >= 4 is 35.0 Å². The summed E-state index contributed by atoms with van der Waals surface area (Å²) in [5.74, 6) is -5.60. The fraction of sp³-hybridized carbons (Fsp3) is 0.576. The maximum atomic E-state index is 13.3. The van der Waals surface area contributed by atoms with Crippen LogP contribution in [0.5, 0.6) is 0 Å². The van der Waals surface area contributed by atoms with E-state index in [1.807, 2.05) is 39.0 Å². The Morgan fingerprint density at radius 1 is 0.718 bits per heavy atom. The molecular weight excluding hydrogens is 1010 g/mol. The number of carboxylic acids is 1. The zero-order valence-electron chi connectivity index (χ0n) is 45.2. The van der Waals surface area contributed by atoms with Crippen molar-refractivity contribution in [3.63, 3.8) is 0 Å². The second-order valence-electron chi connectivity index (χ2n) is 21.1. The summed E-state index contributed by atoms with van der Waals surface area (Å²) in [7, 11) is 0. The number of aliphatic carboxylic acids is 1. The van der Waals surface area contributed by atoms with Crippen LogP contribution >= 0.6 is 0 Å². The summed E-state index contributed by atoms with van der Waals surface area (Å²) in [6, 6.07) is 5.34. The highest BCUT2D eigenvalue weighted by molar-refractivity contribution is 5.97. The van der Waals surface area contributed by atoms with E-state index in [9.17, 15) is 64.8 Å². The van der Waals surface area contributed by atoms with Gasteiger partial charge in [0, 0.05) is 55.7 Å². The molecule has 2 bridgehead atoms. The first-order valence-corrected chi connectivity index (χ1v) is 27.0. The number of hydrogen-bond donors (Lipinski definition) is 10. The van der Waals surface area contributed by atoms with Crippen molar-refractivity contribution in [3.05, 3.63) is 115 Å². The molecule has 19 nitrogen and oxygen atoms in total. The van der Waals surface area contributed by atoms with Gasteiger partial charge in [-0.1, -0.05) is 106 Å². The van der Waals surface area contributed by atoms with Crippen molar-refractivity contribution in [2.75, 3.05) is 5.73 Å². The number of rotatable bonds is 10. The number of nitrogens with two attached hydrogens (primary N) is 2. The number of aliphatic hydroxyl groups excluding tert-OH is 7. The Kier molecular flexibility index (Phi) is 27.9. The maximum absolute atomic E-state index is 13.3. The Morgan fingerprint density at radius 2 is 1.28 bits per heavy atom. The number of carbonyl (C=O) groups excluding carboxylic acids is 4. The largest absolute Gasteiger partial charge is 0.481 e. The van der Waals surface area contributed by atoms with Gasteiger partial charge in [-0.25, -0.2) is 0 Å². The zero-order valence-corrected chi connectivity index (χ0v) is 45.2. The Labute approximate surface area is 457 Å². The molecule has 3 heterocycles. The number of nitrogen functional groups attached to an aromatic ring is 1. The van der Waals surface area contributed by atoms with Crippen LogP contribution in [-0.2, 0) is 38.1 Å². The fourth-order valence-electron chi connectivity index (χ4n) is 9.96. The molecule has 0 aromatic heterocycles. The van der Waals surface area contributed by atoms with E-state index in [2.05, 4.69) is 0 Å². The van der Waals surface area contributed by atoms with E-state index in [0.717, 1.165) is 0 Å². The summed E-state index contributed by atoms with van der Waals surface area (Å²) >= 11 is 0. The summed E-state index contributed by atoms with van der Waals surface area (Å²) in [6.07, 6.45) is 8.25. The lowest BCUT2D eigenvalue weighted by molar-refractivity contribution is -0.279. The van der Waals surface area contributed by atoms with E-state index >= 15 is 0 Å². The minimum Gasteiger partial charge on any atom is -0.481 e. The summed E-state index contributed by atoms with van der Waals surface area (Å²) in [6.45, 7) is 7.13. The van der Waals surface area contributed by atoms with Crippen LogP contribution < -0.4 is 11.5 Å². The molecule has 2 unspecified atom stereocenters. The van der Waals surface area contributed by atoms with Crippen molar-refractivity contribution in [1.29, 1.82) is 0 Å². The van der Waals surface area contributed by atoms with Crippen molar-refractivity contribution < 1.29 is 83.8 Å².